The molecule has 0 N–H and O–H groups in total. The van der Waals surface area contributed by atoms with Crippen molar-refractivity contribution in [1.82, 2.24) is 4.98 Å². The predicted octanol–water partition coefficient (Wildman–Crippen LogP) is 3.01. The van der Waals surface area contributed by atoms with Gasteiger partial charge in [0.15, 0.2) is 0 Å². The summed E-state index contributed by atoms with van der Waals surface area (Å²) in [6, 6.07) is 1.89. The van der Waals surface area contributed by atoms with Crippen LogP contribution in [0.2, 0.25) is 0 Å². The number of aromatic nitrogens is 1. The molecule has 1 aromatic heterocycles. The average Bonchev–Trinajstić information content (AvgIpc) is 2.26. The fourth-order valence-corrected chi connectivity index (χ4v) is 2.43. The molecule has 5 heteroatoms. The number of pyridine rings is 1. The third-order valence-corrected chi connectivity index (χ3v) is 3.37. The first-order valence-electron chi connectivity index (χ1n) is 5.23. The summed E-state index contributed by atoms with van der Waals surface area (Å²) in [6.45, 7) is 2.62. The summed E-state index contributed by atoms with van der Waals surface area (Å²) in [6.07, 6.45) is 4.26. The van der Waals surface area contributed by atoms with Crippen LogP contribution < -0.4 is 4.74 Å². The molecule has 3 nitrogen and oxygen atoms in total. The van der Waals surface area contributed by atoms with Crippen molar-refractivity contribution < 1.29 is 9.47 Å². The maximum absolute atomic E-state index is 6.06. The van der Waals surface area contributed by atoms with Crippen LogP contribution in [0.3, 0.4) is 0 Å². The standard InChI is InChI=1S/C11H13BrClNO2/c1-2-15-11-9(13)4-10(11)16-8-3-7(12)5-14-6-8/h3,5-6,9-11H,2,4H2,1H3. The van der Waals surface area contributed by atoms with E-state index in [0.717, 1.165) is 16.6 Å². The lowest BCUT2D eigenvalue weighted by atomic mass is 9.91. The van der Waals surface area contributed by atoms with E-state index in [0.29, 0.717) is 6.61 Å². The second-order valence-electron chi connectivity index (χ2n) is 3.67. The molecule has 0 saturated heterocycles. The Morgan fingerprint density at radius 3 is 3.00 bits per heavy atom. The van der Waals surface area contributed by atoms with E-state index in [4.69, 9.17) is 21.1 Å². The van der Waals surface area contributed by atoms with Crippen LogP contribution in [0.25, 0.3) is 0 Å². The van der Waals surface area contributed by atoms with E-state index in [1.807, 2.05) is 13.0 Å². The Morgan fingerprint density at radius 2 is 2.38 bits per heavy atom. The average molecular weight is 307 g/mol. The Hall–Kier alpha value is -0.320. The molecule has 88 valence electrons. The van der Waals surface area contributed by atoms with Crippen LogP contribution >= 0.6 is 27.5 Å². The lowest BCUT2D eigenvalue weighted by Crippen LogP contribution is -2.52. The van der Waals surface area contributed by atoms with Crippen molar-refractivity contribution in [2.75, 3.05) is 6.61 Å². The third kappa shape index (κ3) is 2.67. The van der Waals surface area contributed by atoms with Gasteiger partial charge in [-0.15, -0.1) is 11.6 Å². The van der Waals surface area contributed by atoms with E-state index < -0.39 is 0 Å². The van der Waals surface area contributed by atoms with Crippen LogP contribution in [-0.4, -0.2) is 29.2 Å². The lowest BCUT2D eigenvalue weighted by Gasteiger charge is -2.40. The minimum absolute atomic E-state index is 0.00866. The van der Waals surface area contributed by atoms with E-state index in [2.05, 4.69) is 20.9 Å². The zero-order chi connectivity index (χ0) is 11.5. The monoisotopic (exact) mass is 305 g/mol. The Labute approximate surface area is 108 Å². The van der Waals surface area contributed by atoms with Crippen LogP contribution in [0.15, 0.2) is 22.9 Å². The van der Waals surface area contributed by atoms with Crippen LogP contribution in [0.5, 0.6) is 5.75 Å². The SMILES string of the molecule is CCOC1C(Cl)CC1Oc1cncc(Br)c1. The van der Waals surface area contributed by atoms with Crippen molar-refractivity contribution in [3.8, 4) is 5.75 Å². The molecule has 1 fully saturated rings. The first-order valence-corrected chi connectivity index (χ1v) is 6.46. The molecule has 1 aliphatic carbocycles. The summed E-state index contributed by atoms with van der Waals surface area (Å²) in [5.74, 6) is 0.743. The van der Waals surface area contributed by atoms with Gasteiger partial charge in [-0.3, -0.25) is 4.98 Å². The number of ether oxygens (including phenoxy) is 2. The Kier molecular flexibility index (Phi) is 4.05. The Bertz CT molecular complexity index is 364. The summed E-state index contributed by atoms with van der Waals surface area (Å²) < 4.78 is 12.2. The molecule has 1 saturated carbocycles. The number of hydrogen-bond donors (Lipinski definition) is 0. The van der Waals surface area contributed by atoms with Gasteiger partial charge < -0.3 is 9.47 Å². The molecule has 3 unspecified atom stereocenters. The molecule has 16 heavy (non-hydrogen) atoms. The Morgan fingerprint density at radius 1 is 1.56 bits per heavy atom. The summed E-state index contributed by atoms with van der Waals surface area (Å²) in [5.41, 5.74) is 0. The molecular weight excluding hydrogens is 293 g/mol. The van der Waals surface area contributed by atoms with Crippen molar-refractivity contribution >= 4 is 27.5 Å². The van der Waals surface area contributed by atoms with Crippen LogP contribution in [0, 0.1) is 0 Å². The zero-order valence-electron chi connectivity index (χ0n) is 8.90. The van der Waals surface area contributed by atoms with Crippen LogP contribution in [0.1, 0.15) is 13.3 Å². The number of halogens is 2. The number of hydrogen-bond acceptors (Lipinski definition) is 3. The van der Waals surface area contributed by atoms with E-state index >= 15 is 0 Å². The molecule has 1 aliphatic rings. The van der Waals surface area contributed by atoms with Crippen LogP contribution in [0.4, 0.5) is 0 Å². The van der Waals surface area contributed by atoms with Gasteiger partial charge in [-0.05, 0) is 28.9 Å². The third-order valence-electron chi connectivity index (χ3n) is 2.51. The fraction of sp³-hybridized carbons (Fsp3) is 0.545. The van der Waals surface area contributed by atoms with E-state index in [9.17, 15) is 0 Å². The van der Waals surface area contributed by atoms with Crippen molar-refractivity contribution in [1.29, 1.82) is 0 Å². The number of alkyl halides is 1. The molecule has 0 spiro atoms. The number of nitrogens with zero attached hydrogens (tertiary/aromatic N) is 1. The first-order chi connectivity index (χ1) is 7.70. The molecule has 0 radical (unpaired) electrons. The minimum atomic E-state index is -0.00866. The van der Waals surface area contributed by atoms with Crippen molar-refractivity contribution in [2.24, 2.45) is 0 Å². The molecule has 0 bridgehead atoms. The van der Waals surface area contributed by atoms with Gasteiger partial charge in [0.05, 0.1) is 11.6 Å². The van der Waals surface area contributed by atoms with Gasteiger partial charge >= 0.3 is 0 Å². The van der Waals surface area contributed by atoms with Gasteiger partial charge in [0.1, 0.15) is 18.0 Å². The highest BCUT2D eigenvalue weighted by atomic mass is 79.9. The molecule has 0 aromatic carbocycles. The summed E-state index contributed by atoms with van der Waals surface area (Å²) in [7, 11) is 0. The summed E-state index contributed by atoms with van der Waals surface area (Å²) in [5, 5.41) is 0.0602. The molecule has 1 heterocycles. The van der Waals surface area contributed by atoms with Gasteiger partial charge in [0.25, 0.3) is 0 Å². The Balaban J connectivity index is 1.95. The van der Waals surface area contributed by atoms with Crippen molar-refractivity contribution in [3.63, 3.8) is 0 Å². The topological polar surface area (TPSA) is 31.4 Å². The van der Waals surface area contributed by atoms with Crippen LogP contribution in [-0.2, 0) is 4.74 Å². The first kappa shape index (κ1) is 12.1. The molecule has 2 rings (SSSR count). The smallest absolute Gasteiger partial charge is 0.139 e. The molecule has 0 amide bonds. The zero-order valence-corrected chi connectivity index (χ0v) is 11.2. The van der Waals surface area contributed by atoms with Crippen molar-refractivity contribution in [2.45, 2.75) is 30.9 Å². The summed E-state index contributed by atoms with van der Waals surface area (Å²) >= 11 is 9.41. The molecule has 3 atom stereocenters. The second-order valence-corrected chi connectivity index (χ2v) is 5.14. The van der Waals surface area contributed by atoms with Gasteiger partial charge in [-0.2, -0.15) is 0 Å². The van der Waals surface area contributed by atoms with Gasteiger partial charge in [0, 0.05) is 23.7 Å². The van der Waals surface area contributed by atoms with Gasteiger partial charge in [-0.1, -0.05) is 0 Å². The number of rotatable bonds is 4. The van der Waals surface area contributed by atoms with Gasteiger partial charge in [-0.25, -0.2) is 0 Å². The molecular formula is C11H13BrClNO2. The predicted molar refractivity (Wildman–Crippen MR) is 66.0 cm³/mol. The lowest BCUT2D eigenvalue weighted by molar-refractivity contribution is -0.0760. The fourth-order valence-electron chi connectivity index (χ4n) is 1.68. The quantitative estimate of drug-likeness (QED) is 0.801. The van der Waals surface area contributed by atoms with E-state index in [1.54, 1.807) is 12.4 Å². The maximum atomic E-state index is 6.06. The highest BCUT2D eigenvalue weighted by molar-refractivity contribution is 9.10. The molecule has 1 aromatic rings. The largest absolute Gasteiger partial charge is 0.486 e. The minimum Gasteiger partial charge on any atom is -0.486 e. The van der Waals surface area contributed by atoms with Gasteiger partial charge in [0.2, 0.25) is 0 Å². The van der Waals surface area contributed by atoms with E-state index in [1.165, 1.54) is 0 Å². The second kappa shape index (κ2) is 5.34. The summed E-state index contributed by atoms with van der Waals surface area (Å²) in [4.78, 5) is 4.04. The maximum Gasteiger partial charge on any atom is 0.139 e. The molecule has 0 aliphatic heterocycles. The van der Waals surface area contributed by atoms with Crippen molar-refractivity contribution in [3.05, 3.63) is 22.9 Å². The van der Waals surface area contributed by atoms with E-state index in [-0.39, 0.29) is 17.6 Å². The normalized spacial score (nSPS) is 28.6. The highest BCUT2D eigenvalue weighted by Crippen LogP contribution is 2.33. The highest BCUT2D eigenvalue weighted by Gasteiger charge is 2.42.